The van der Waals surface area contributed by atoms with E-state index in [0.717, 1.165) is 0 Å². The Morgan fingerprint density at radius 2 is 1.79 bits per heavy atom. The molecule has 0 aliphatic carbocycles. The number of carboxylic acid groups (broad SMARTS) is 2. The second kappa shape index (κ2) is 4.68. The number of hydrogen-bond donors (Lipinski definition) is 3. The summed E-state index contributed by atoms with van der Waals surface area (Å²) >= 11 is 4.04. The molecular weight excluding hydrogens is 204 g/mol. The molecule has 0 saturated carbocycles. The van der Waals surface area contributed by atoms with E-state index in [0.29, 0.717) is 0 Å². The number of thiol groups is 1. The summed E-state index contributed by atoms with van der Waals surface area (Å²) < 4.78 is -1.50. The zero-order chi connectivity index (χ0) is 11.5. The minimum atomic E-state index is -1.50. The van der Waals surface area contributed by atoms with E-state index in [4.69, 9.17) is 10.2 Å². The van der Waals surface area contributed by atoms with Crippen LogP contribution in [0.5, 0.6) is 0 Å². The summed E-state index contributed by atoms with van der Waals surface area (Å²) in [6.07, 6.45) is 0.253. The number of carboxylic acids is 2. The SMILES string of the molecule is CCC(C(=O)O)C(S)(C(=O)O)C(C)C. The highest BCUT2D eigenvalue weighted by molar-refractivity contribution is 7.82. The first kappa shape index (κ1) is 13.3. The van der Waals surface area contributed by atoms with Gasteiger partial charge in [-0.05, 0) is 12.3 Å². The van der Waals surface area contributed by atoms with Crippen molar-refractivity contribution >= 4 is 24.6 Å². The van der Waals surface area contributed by atoms with E-state index in [-0.39, 0.29) is 12.3 Å². The molecule has 0 bridgehead atoms. The van der Waals surface area contributed by atoms with Crippen molar-refractivity contribution in [2.45, 2.75) is 31.9 Å². The predicted octanol–water partition coefficient (Wildman–Crippen LogP) is 1.51. The molecule has 2 N–H and O–H groups in total. The van der Waals surface area contributed by atoms with Gasteiger partial charge in [0.1, 0.15) is 4.75 Å². The predicted molar refractivity (Wildman–Crippen MR) is 55.6 cm³/mol. The zero-order valence-corrected chi connectivity index (χ0v) is 9.41. The monoisotopic (exact) mass is 220 g/mol. The summed E-state index contributed by atoms with van der Waals surface area (Å²) in [4.78, 5) is 21.9. The molecule has 82 valence electrons. The Hall–Kier alpha value is -0.710. The first-order chi connectivity index (χ1) is 6.28. The van der Waals surface area contributed by atoms with Crippen LogP contribution in [0.15, 0.2) is 0 Å². The van der Waals surface area contributed by atoms with Gasteiger partial charge in [0.2, 0.25) is 0 Å². The normalized spacial score (nSPS) is 17.5. The molecule has 4 nitrogen and oxygen atoms in total. The van der Waals surface area contributed by atoms with E-state index < -0.39 is 22.6 Å². The van der Waals surface area contributed by atoms with Crippen LogP contribution in [-0.4, -0.2) is 26.9 Å². The van der Waals surface area contributed by atoms with Gasteiger partial charge in [-0.3, -0.25) is 9.59 Å². The molecule has 0 aromatic heterocycles. The molecule has 5 heteroatoms. The first-order valence-corrected chi connectivity index (χ1v) is 4.91. The standard InChI is InChI=1S/C9H16O4S/c1-4-6(7(10)11)9(14,5(2)3)8(12)13/h5-6,14H,4H2,1-3H3,(H,10,11)(H,12,13). The van der Waals surface area contributed by atoms with Gasteiger partial charge >= 0.3 is 11.9 Å². The van der Waals surface area contributed by atoms with Crippen LogP contribution in [0.4, 0.5) is 0 Å². The summed E-state index contributed by atoms with van der Waals surface area (Å²) in [7, 11) is 0. The third kappa shape index (κ3) is 2.20. The van der Waals surface area contributed by atoms with E-state index >= 15 is 0 Å². The number of aliphatic carboxylic acids is 2. The third-order valence-corrected chi connectivity index (χ3v) is 3.48. The Kier molecular flexibility index (Phi) is 4.45. The molecule has 0 aliphatic heterocycles. The van der Waals surface area contributed by atoms with Gasteiger partial charge in [0.15, 0.2) is 0 Å². The molecule has 0 fully saturated rings. The van der Waals surface area contributed by atoms with Crippen LogP contribution in [0.3, 0.4) is 0 Å². The van der Waals surface area contributed by atoms with Crippen molar-refractivity contribution in [2.75, 3.05) is 0 Å². The Labute approximate surface area is 88.7 Å². The lowest BCUT2D eigenvalue weighted by Crippen LogP contribution is -2.48. The number of hydrogen-bond acceptors (Lipinski definition) is 3. The van der Waals surface area contributed by atoms with E-state index in [2.05, 4.69) is 12.6 Å². The summed E-state index contributed by atoms with van der Waals surface area (Å²) in [5.74, 6) is -3.60. The van der Waals surface area contributed by atoms with E-state index in [1.165, 1.54) is 0 Å². The molecule has 0 rings (SSSR count). The molecule has 0 radical (unpaired) electrons. The van der Waals surface area contributed by atoms with Crippen LogP contribution in [0.1, 0.15) is 27.2 Å². The van der Waals surface area contributed by atoms with Gasteiger partial charge in [-0.1, -0.05) is 20.8 Å². The van der Waals surface area contributed by atoms with Gasteiger partial charge in [-0.2, -0.15) is 12.6 Å². The van der Waals surface area contributed by atoms with Crippen LogP contribution < -0.4 is 0 Å². The second-order valence-corrected chi connectivity index (χ2v) is 4.32. The smallest absolute Gasteiger partial charge is 0.320 e. The van der Waals surface area contributed by atoms with Crippen LogP contribution in [0.2, 0.25) is 0 Å². The molecule has 2 atom stereocenters. The summed E-state index contributed by atoms with van der Waals surface area (Å²) in [6, 6.07) is 0. The van der Waals surface area contributed by atoms with Crippen molar-refractivity contribution < 1.29 is 19.8 Å². The van der Waals surface area contributed by atoms with E-state index in [1.807, 2.05) is 0 Å². The molecule has 0 aromatic rings. The van der Waals surface area contributed by atoms with E-state index in [9.17, 15) is 9.59 Å². The highest BCUT2D eigenvalue weighted by Gasteiger charge is 2.48. The molecule has 0 spiro atoms. The van der Waals surface area contributed by atoms with Crippen LogP contribution in [0, 0.1) is 11.8 Å². The Morgan fingerprint density at radius 1 is 1.36 bits per heavy atom. The second-order valence-electron chi connectivity index (χ2n) is 3.58. The van der Waals surface area contributed by atoms with Crippen LogP contribution in [-0.2, 0) is 9.59 Å². The quantitative estimate of drug-likeness (QED) is 0.614. The maximum atomic E-state index is 11.0. The summed E-state index contributed by atoms with van der Waals surface area (Å²) in [5.41, 5.74) is 0. The largest absolute Gasteiger partial charge is 0.481 e. The van der Waals surface area contributed by atoms with Crippen LogP contribution >= 0.6 is 12.6 Å². The van der Waals surface area contributed by atoms with Crippen LogP contribution in [0.25, 0.3) is 0 Å². The van der Waals surface area contributed by atoms with Crippen molar-refractivity contribution in [1.29, 1.82) is 0 Å². The van der Waals surface area contributed by atoms with E-state index in [1.54, 1.807) is 20.8 Å². The average molecular weight is 220 g/mol. The topological polar surface area (TPSA) is 74.6 Å². The fourth-order valence-electron chi connectivity index (χ4n) is 1.47. The molecule has 0 saturated heterocycles. The fraction of sp³-hybridized carbons (Fsp3) is 0.778. The van der Waals surface area contributed by atoms with Gasteiger partial charge in [0.25, 0.3) is 0 Å². The average Bonchev–Trinajstić information content (AvgIpc) is 2.03. The highest BCUT2D eigenvalue weighted by Crippen LogP contribution is 2.35. The minimum absolute atomic E-state index is 0.253. The minimum Gasteiger partial charge on any atom is -0.481 e. The molecule has 0 heterocycles. The maximum Gasteiger partial charge on any atom is 0.320 e. The van der Waals surface area contributed by atoms with Gasteiger partial charge in [0.05, 0.1) is 5.92 Å². The molecule has 0 amide bonds. The molecule has 2 unspecified atom stereocenters. The summed E-state index contributed by atoms with van der Waals surface area (Å²) in [5, 5.41) is 17.9. The number of rotatable bonds is 5. The molecule has 14 heavy (non-hydrogen) atoms. The first-order valence-electron chi connectivity index (χ1n) is 4.47. The van der Waals surface area contributed by atoms with Gasteiger partial charge < -0.3 is 10.2 Å². The van der Waals surface area contributed by atoms with Crippen molar-refractivity contribution in [2.24, 2.45) is 11.8 Å². The fourth-order valence-corrected chi connectivity index (χ4v) is 1.77. The van der Waals surface area contributed by atoms with Crippen molar-refractivity contribution in [3.05, 3.63) is 0 Å². The van der Waals surface area contributed by atoms with Crippen molar-refractivity contribution in [3.63, 3.8) is 0 Å². The molecule has 0 aliphatic rings. The van der Waals surface area contributed by atoms with Gasteiger partial charge in [-0.25, -0.2) is 0 Å². The maximum absolute atomic E-state index is 11.0. The highest BCUT2D eigenvalue weighted by atomic mass is 32.1. The molecule has 0 aromatic carbocycles. The summed E-state index contributed by atoms with van der Waals surface area (Å²) in [6.45, 7) is 4.97. The lowest BCUT2D eigenvalue weighted by molar-refractivity contribution is -0.153. The lowest BCUT2D eigenvalue weighted by atomic mass is 9.80. The van der Waals surface area contributed by atoms with Gasteiger partial charge in [0, 0.05) is 0 Å². The number of carbonyl (C=O) groups is 2. The third-order valence-electron chi connectivity index (χ3n) is 2.46. The van der Waals surface area contributed by atoms with Crippen molar-refractivity contribution in [3.8, 4) is 0 Å². The lowest BCUT2D eigenvalue weighted by Gasteiger charge is -2.33. The Bertz CT molecular complexity index is 239. The molecular formula is C9H16O4S. The van der Waals surface area contributed by atoms with Gasteiger partial charge in [-0.15, -0.1) is 0 Å². The Morgan fingerprint density at radius 3 is 1.86 bits per heavy atom. The van der Waals surface area contributed by atoms with Crippen molar-refractivity contribution in [1.82, 2.24) is 0 Å². The zero-order valence-electron chi connectivity index (χ0n) is 8.52. The Balaban J connectivity index is 5.17.